The van der Waals surface area contributed by atoms with Crippen LogP contribution >= 0.6 is 0 Å². The van der Waals surface area contributed by atoms with Gasteiger partial charge in [-0.05, 0) is 32.1 Å². The lowest BCUT2D eigenvalue weighted by Gasteiger charge is -2.26. The quantitative estimate of drug-likeness (QED) is 0.909. The third kappa shape index (κ3) is 2.82. The molecule has 19 heavy (non-hydrogen) atoms. The first-order valence-electron chi connectivity index (χ1n) is 7.62. The summed E-state index contributed by atoms with van der Waals surface area (Å²) < 4.78 is 2.15. The second kappa shape index (κ2) is 5.76. The molecule has 0 aliphatic heterocycles. The Bertz CT molecular complexity index is 409. The summed E-state index contributed by atoms with van der Waals surface area (Å²) in [7, 11) is 0. The highest BCUT2D eigenvalue weighted by Gasteiger charge is 2.31. The van der Waals surface area contributed by atoms with Gasteiger partial charge in [-0.3, -0.25) is 4.79 Å². The number of hydrogen-bond acceptors (Lipinski definition) is 2. The molecule has 2 aliphatic rings. The molecule has 0 radical (unpaired) electrons. The van der Waals surface area contributed by atoms with Gasteiger partial charge in [0.25, 0.3) is 0 Å². The summed E-state index contributed by atoms with van der Waals surface area (Å²) in [6, 6.07) is 0.693. The standard InChI is InChI=1S/C15H23N3O/c19-15(12-5-2-1-3-6-12)17-13-7-4-8-14(13)18-10-9-16-11-18/h9-14H,1-8H2,(H,17,19)/t13-,14+/m0/s1. The molecule has 1 heterocycles. The van der Waals surface area contributed by atoms with Crippen LogP contribution in [0.2, 0.25) is 0 Å². The van der Waals surface area contributed by atoms with Gasteiger partial charge >= 0.3 is 0 Å². The Morgan fingerprint density at radius 2 is 1.95 bits per heavy atom. The number of aromatic nitrogens is 2. The van der Waals surface area contributed by atoms with Gasteiger partial charge in [0, 0.05) is 24.4 Å². The van der Waals surface area contributed by atoms with Crippen molar-refractivity contribution in [2.24, 2.45) is 5.92 Å². The number of amides is 1. The maximum absolute atomic E-state index is 12.3. The number of imidazole rings is 1. The Morgan fingerprint density at radius 1 is 1.11 bits per heavy atom. The second-order valence-corrected chi connectivity index (χ2v) is 5.96. The number of nitrogens with zero attached hydrogens (tertiary/aromatic N) is 2. The van der Waals surface area contributed by atoms with Crippen molar-refractivity contribution in [3.05, 3.63) is 18.7 Å². The Morgan fingerprint density at radius 3 is 2.68 bits per heavy atom. The van der Waals surface area contributed by atoms with E-state index in [9.17, 15) is 4.79 Å². The van der Waals surface area contributed by atoms with Crippen LogP contribution in [0.25, 0.3) is 0 Å². The molecule has 2 saturated carbocycles. The Labute approximate surface area is 114 Å². The van der Waals surface area contributed by atoms with Crippen molar-refractivity contribution in [2.75, 3.05) is 0 Å². The minimum absolute atomic E-state index is 0.262. The predicted molar refractivity (Wildman–Crippen MR) is 73.6 cm³/mol. The van der Waals surface area contributed by atoms with E-state index in [0.717, 1.165) is 25.7 Å². The summed E-state index contributed by atoms with van der Waals surface area (Å²) >= 11 is 0. The van der Waals surface area contributed by atoms with Crippen molar-refractivity contribution in [3.8, 4) is 0 Å². The van der Waals surface area contributed by atoms with Crippen LogP contribution in [-0.2, 0) is 4.79 Å². The second-order valence-electron chi connectivity index (χ2n) is 5.96. The molecule has 4 nitrogen and oxygen atoms in total. The van der Waals surface area contributed by atoms with Gasteiger partial charge in [0.05, 0.1) is 12.4 Å². The first-order valence-corrected chi connectivity index (χ1v) is 7.62. The van der Waals surface area contributed by atoms with Crippen LogP contribution in [0.1, 0.15) is 57.4 Å². The smallest absolute Gasteiger partial charge is 0.223 e. The van der Waals surface area contributed by atoms with Crippen molar-refractivity contribution in [1.82, 2.24) is 14.9 Å². The molecule has 3 rings (SSSR count). The van der Waals surface area contributed by atoms with Crippen LogP contribution < -0.4 is 5.32 Å². The van der Waals surface area contributed by atoms with Gasteiger partial charge in [-0.2, -0.15) is 0 Å². The third-order valence-corrected chi connectivity index (χ3v) is 4.69. The molecular weight excluding hydrogens is 238 g/mol. The average Bonchev–Trinajstić information content (AvgIpc) is 3.10. The molecule has 1 amide bonds. The van der Waals surface area contributed by atoms with Crippen LogP contribution in [0.4, 0.5) is 0 Å². The number of hydrogen-bond donors (Lipinski definition) is 1. The summed E-state index contributed by atoms with van der Waals surface area (Å²) in [4.78, 5) is 16.5. The van der Waals surface area contributed by atoms with E-state index in [1.54, 1.807) is 0 Å². The highest BCUT2D eigenvalue weighted by Crippen LogP contribution is 2.31. The SMILES string of the molecule is O=C(N[C@H]1CCC[C@H]1n1ccnc1)C1CCCCC1. The molecule has 104 valence electrons. The van der Waals surface area contributed by atoms with Crippen LogP contribution in [0, 0.1) is 5.92 Å². The van der Waals surface area contributed by atoms with Crippen molar-refractivity contribution in [2.45, 2.75) is 63.5 Å². The van der Waals surface area contributed by atoms with E-state index in [1.165, 1.54) is 25.7 Å². The Kier molecular flexibility index (Phi) is 3.85. The highest BCUT2D eigenvalue weighted by molar-refractivity contribution is 5.79. The first-order chi connectivity index (χ1) is 9.34. The summed E-state index contributed by atoms with van der Waals surface area (Å²) in [5.41, 5.74) is 0. The maximum atomic E-state index is 12.3. The molecular formula is C15H23N3O. The first kappa shape index (κ1) is 12.7. The molecule has 2 atom stereocenters. The fraction of sp³-hybridized carbons (Fsp3) is 0.733. The molecule has 2 aliphatic carbocycles. The third-order valence-electron chi connectivity index (χ3n) is 4.69. The summed E-state index contributed by atoms with van der Waals surface area (Å²) in [5.74, 6) is 0.550. The van der Waals surface area contributed by atoms with Crippen LogP contribution in [0.5, 0.6) is 0 Å². The molecule has 0 unspecified atom stereocenters. The van der Waals surface area contributed by atoms with Crippen LogP contribution in [0.15, 0.2) is 18.7 Å². The minimum Gasteiger partial charge on any atom is -0.351 e. The molecule has 4 heteroatoms. The maximum Gasteiger partial charge on any atom is 0.223 e. The lowest BCUT2D eigenvalue weighted by molar-refractivity contribution is -0.126. The number of rotatable bonds is 3. The topological polar surface area (TPSA) is 46.9 Å². The number of carbonyl (C=O) groups is 1. The zero-order valence-corrected chi connectivity index (χ0v) is 11.4. The van der Waals surface area contributed by atoms with Crippen molar-refractivity contribution in [3.63, 3.8) is 0 Å². The Balaban J connectivity index is 1.60. The van der Waals surface area contributed by atoms with E-state index in [2.05, 4.69) is 14.9 Å². The van der Waals surface area contributed by atoms with Gasteiger partial charge in [0.1, 0.15) is 0 Å². The minimum atomic E-state index is 0.262. The van der Waals surface area contributed by atoms with Gasteiger partial charge in [-0.1, -0.05) is 19.3 Å². The van der Waals surface area contributed by atoms with Gasteiger partial charge < -0.3 is 9.88 Å². The van der Waals surface area contributed by atoms with Crippen molar-refractivity contribution in [1.29, 1.82) is 0 Å². The zero-order chi connectivity index (χ0) is 13.1. The monoisotopic (exact) mass is 261 g/mol. The van der Waals surface area contributed by atoms with E-state index in [0.29, 0.717) is 12.1 Å². The average molecular weight is 261 g/mol. The zero-order valence-electron chi connectivity index (χ0n) is 11.4. The van der Waals surface area contributed by atoms with Crippen LogP contribution in [0.3, 0.4) is 0 Å². The molecule has 0 aromatic carbocycles. The molecule has 1 aromatic heterocycles. The lowest BCUT2D eigenvalue weighted by Crippen LogP contribution is -2.41. The van der Waals surface area contributed by atoms with Gasteiger partial charge in [0.15, 0.2) is 0 Å². The van der Waals surface area contributed by atoms with E-state index < -0.39 is 0 Å². The Hall–Kier alpha value is -1.32. The fourth-order valence-electron chi connectivity index (χ4n) is 3.60. The molecule has 2 fully saturated rings. The number of carbonyl (C=O) groups excluding carboxylic acids is 1. The fourth-order valence-corrected chi connectivity index (χ4v) is 3.60. The van der Waals surface area contributed by atoms with Gasteiger partial charge in [-0.15, -0.1) is 0 Å². The largest absolute Gasteiger partial charge is 0.351 e. The lowest BCUT2D eigenvalue weighted by atomic mass is 9.88. The summed E-state index contributed by atoms with van der Waals surface area (Å²) in [6.07, 6.45) is 15.0. The van der Waals surface area contributed by atoms with Crippen molar-refractivity contribution >= 4 is 5.91 Å². The normalized spacial score (nSPS) is 28.4. The molecule has 0 spiro atoms. The molecule has 1 N–H and O–H groups in total. The van der Waals surface area contributed by atoms with E-state index in [-0.39, 0.29) is 11.8 Å². The molecule has 1 aromatic rings. The summed E-state index contributed by atoms with van der Waals surface area (Å²) in [6.45, 7) is 0. The predicted octanol–water partition coefficient (Wildman–Crippen LogP) is 2.67. The molecule has 0 bridgehead atoms. The van der Waals surface area contributed by atoms with Crippen molar-refractivity contribution < 1.29 is 4.79 Å². The van der Waals surface area contributed by atoms with Gasteiger partial charge in [-0.25, -0.2) is 4.98 Å². The van der Waals surface area contributed by atoms with E-state index >= 15 is 0 Å². The van der Waals surface area contributed by atoms with Crippen LogP contribution in [-0.4, -0.2) is 21.5 Å². The highest BCUT2D eigenvalue weighted by atomic mass is 16.1. The van der Waals surface area contributed by atoms with E-state index in [1.807, 2.05) is 18.7 Å². The number of nitrogens with one attached hydrogen (secondary N) is 1. The summed E-state index contributed by atoms with van der Waals surface area (Å²) in [5, 5.41) is 3.30. The van der Waals surface area contributed by atoms with E-state index in [4.69, 9.17) is 0 Å². The van der Waals surface area contributed by atoms with Gasteiger partial charge in [0.2, 0.25) is 5.91 Å². The molecule has 0 saturated heterocycles.